The molecule has 1 spiro atoms. The van der Waals surface area contributed by atoms with E-state index in [1.54, 1.807) is 6.07 Å². The van der Waals surface area contributed by atoms with Gasteiger partial charge in [-0.25, -0.2) is 9.59 Å². The van der Waals surface area contributed by atoms with Crippen molar-refractivity contribution in [1.82, 2.24) is 0 Å². The molecule has 3 aromatic rings. The summed E-state index contributed by atoms with van der Waals surface area (Å²) in [6.07, 6.45) is 0. The quantitative estimate of drug-likeness (QED) is 0.467. The van der Waals surface area contributed by atoms with Gasteiger partial charge in [-0.1, -0.05) is 35.3 Å². The van der Waals surface area contributed by atoms with Gasteiger partial charge in [0.25, 0.3) is 0 Å². The van der Waals surface area contributed by atoms with Gasteiger partial charge >= 0.3 is 11.9 Å². The van der Waals surface area contributed by atoms with E-state index in [4.69, 9.17) is 32.7 Å². The molecule has 0 unspecified atom stereocenters. The van der Waals surface area contributed by atoms with Crippen LogP contribution in [0.15, 0.2) is 42.5 Å². The molecule has 0 atom stereocenters. The van der Waals surface area contributed by atoms with Gasteiger partial charge in [-0.2, -0.15) is 0 Å². The Hall–Kier alpha value is -3.42. The van der Waals surface area contributed by atoms with E-state index in [2.05, 4.69) is 0 Å². The van der Waals surface area contributed by atoms with Crippen LogP contribution in [0.2, 0.25) is 10.0 Å². The molecule has 0 bridgehead atoms. The summed E-state index contributed by atoms with van der Waals surface area (Å²) >= 11 is 12.3. The van der Waals surface area contributed by atoms with Crippen LogP contribution in [-0.4, -0.2) is 27.3 Å². The van der Waals surface area contributed by atoms with Crippen LogP contribution >= 0.6 is 23.2 Å². The first-order chi connectivity index (χ1) is 14.2. The number of benzene rings is 3. The van der Waals surface area contributed by atoms with Gasteiger partial charge in [-0.15, -0.1) is 0 Å². The molecular weight excluding hydrogens is 435 g/mol. The molecule has 150 valence electrons. The Kier molecular flexibility index (Phi) is 3.75. The third-order valence-electron chi connectivity index (χ3n) is 5.20. The highest BCUT2D eigenvalue weighted by Gasteiger charge is 2.55. The summed E-state index contributed by atoms with van der Waals surface area (Å²) in [6.45, 7) is 0. The second-order valence-electron chi connectivity index (χ2n) is 6.81. The molecule has 0 aliphatic carbocycles. The number of carbonyl (C=O) groups is 2. The van der Waals surface area contributed by atoms with Crippen molar-refractivity contribution in [2.24, 2.45) is 0 Å². The minimum absolute atomic E-state index is 0.0241. The molecule has 0 saturated carbocycles. The van der Waals surface area contributed by atoms with Crippen LogP contribution in [0.4, 0.5) is 0 Å². The maximum atomic E-state index is 12.9. The number of carbonyl (C=O) groups excluding carboxylic acids is 1. The topological polar surface area (TPSA) is 113 Å². The van der Waals surface area contributed by atoms with Gasteiger partial charge in [0, 0.05) is 28.8 Å². The van der Waals surface area contributed by atoms with Crippen LogP contribution in [0.3, 0.4) is 0 Å². The first-order valence-electron chi connectivity index (χ1n) is 8.58. The highest BCUT2D eigenvalue weighted by atomic mass is 35.5. The molecule has 7 nitrogen and oxygen atoms in total. The van der Waals surface area contributed by atoms with Crippen LogP contribution in [0.5, 0.6) is 23.0 Å². The lowest BCUT2D eigenvalue weighted by Crippen LogP contribution is -2.33. The highest BCUT2D eigenvalue weighted by Crippen LogP contribution is 2.58. The zero-order valence-corrected chi connectivity index (χ0v) is 16.3. The van der Waals surface area contributed by atoms with E-state index in [1.165, 1.54) is 36.4 Å². The highest BCUT2D eigenvalue weighted by molar-refractivity contribution is 6.32. The number of hydrogen-bond donors (Lipinski definition) is 3. The van der Waals surface area contributed by atoms with E-state index in [-0.39, 0.29) is 60.9 Å². The van der Waals surface area contributed by atoms with Gasteiger partial charge in [0.1, 0.15) is 23.0 Å². The van der Waals surface area contributed by atoms with Gasteiger partial charge < -0.3 is 24.8 Å². The number of halogens is 2. The van der Waals surface area contributed by atoms with Crippen molar-refractivity contribution in [3.63, 3.8) is 0 Å². The minimum Gasteiger partial charge on any atom is -0.506 e. The maximum absolute atomic E-state index is 12.9. The maximum Gasteiger partial charge on any atom is 0.341 e. The zero-order chi connectivity index (χ0) is 21.4. The standard InChI is InChI=1S/C21H10Cl2O7/c22-12-4-10-16(6-14(12)24)29-17-7-15(25)13(23)5-11(17)21(10)9-3-1-2-8(19(26)27)18(9)20(28)30-21/h1-7,24-25H,(H,26,27). The van der Waals surface area contributed by atoms with Crippen molar-refractivity contribution in [3.8, 4) is 23.0 Å². The van der Waals surface area contributed by atoms with Gasteiger partial charge in [-0.05, 0) is 18.2 Å². The summed E-state index contributed by atoms with van der Waals surface area (Å²) in [5.41, 5.74) is -1.18. The average molecular weight is 445 g/mol. The monoisotopic (exact) mass is 444 g/mol. The molecule has 5 rings (SSSR count). The molecular formula is C21H10Cl2O7. The summed E-state index contributed by atoms with van der Waals surface area (Å²) < 4.78 is 11.6. The van der Waals surface area contributed by atoms with Crippen molar-refractivity contribution in [1.29, 1.82) is 0 Å². The summed E-state index contributed by atoms with van der Waals surface area (Å²) in [7, 11) is 0. The molecule has 3 aromatic carbocycles. The summed E-state index contributed by atoms with van der Waals surface area (Å²) in [5, 5.41) is 29.6. The molecule has 30 heavy (non-hydrogen) atoms. The Bertz CT molecular complexity index is 1240. The summed E-state index contributed by atoms with van der Waals surface area (Å²) in [4.78, 5) is 24.6. The van der Waals surface area contributed by atoms with Crippen molar-refractivity contribution < 1.29 is 34.4 Å². The van der Waals surface area contributed by atoms with E-state index >= 15 is 0 Å². The fourth-order valence-electron chi connectivity index (χ4n) is 3.96. The predicted molar refractivity (Wildman–Crippen MR) is 105 cm³/mol. The number of hydrogen-bond acceptors (Lipinski definition) is 6. The Morgan fingerprint density at radius 1 is 0.900 bits per heavy atom. The van der Waals surface area contributed by atoms with Gasteiger partial charge in [-0.3, -0.25) is 0 Å². The predicted octanol–water partition coefficient (Wildman–Crippen LogP) is 4.67. The number of aromatic hydroxyl groups is 2. The first-order valence-corrected chi connectivity index (χ1v) is 9.33. The number of aromatic carboxylic acids is 1. The number of phenols is 2. The number of carboxylic acids is 1. The molecule has 0 aromatic heterocycles. The molecule has 0 amide bonds. The van der Waals surface area contributed by atoms with E-state index in [1.807, 2.05) is 0 Å². The second kappa shape index (κ2) is 6.04. The van der Waals surface area contributed by atoms with Gasteiger partial charge in [0.15, 0.2) is 5.60 Å². The van der Waals surface area contributed by atoms with Gasteiger partial charge in [0.2, 0.25) is 0 Å². The second-order valence-corrected chi connectivity index (χ2v) is 7.62. The lowest BCUT2D eigenvalue weighted by atomic mass is 9.77. The number of carboxylic acid groups (broad SMARTS) is 1. The summed E-state index contributed by atoms with van der Waals surface area (Å²) in [6, 6.07) is 9.62. The molecule has 3 N–H and O–H groups in total. The lowest BCUT2D eigenvalue weighted by molar-refractivity contribution is 0.0222. The Balaban J connectivity index is 1.94. The minimum atomic E-state index is -1.64. The molecule has 0 fully saturated rings. The fourth-order valence-corrected chi connectivity index (χ4v) is 4.28. The molecule has 2 heterocycles. The van der Waals surface area contributed by atoms with E-state index in [9.17, 15) is 24.9 Å². The molecule has 0 saturated heterocycles. The third kappa shape index (κ3) is 2.27. The number of ether oxygens (including phenoxy) is 2. The average Bonchev–Trinajstić information content (AvgIpc) is 2.99. The fraction of sp³-hybridized carbons (Fsp3) is 0.0476. The third-order valence-corrected chi connectivity index (χ3v) is 5.81. The van der Waals surface area contributed by atoms with E-state index in [0.717, 1.165) is 0 Å². The number of rotatable bonds is 1. The SMILES string of the molecule is O=C(O)c1cccc2c1C(=O)OC21c2cc(Cl)c(O)cc2Oc2cc(O)c(Cl)cc21. The van der Waals surface area contributed by atoms with Gasteiger partial charge in [0.05, 0.1) is 21.2 Å². The van der Waals surface area contributed by atoms with Crippen molar-refractivity contribution in [2.75, 3.05) is 0 Å². The van der Waals surface area contributed by atoms with Crippen molar-refractivity contribution >= 4 is 35.1 Å². The van der Waals surface area contributed by atoms with Crippen LogP contribution in [-0.2, 0) is 10.3 Å². The molecule has 0 radical (unpaired) electrons. The molecule has 9 heteroatoms. The van der Waals surface area contributed by atoms with Crippen molar-refractivity contribution in [2.45, 2.75) is 5.60 Å². The summed E-state index contributed by atoms with van der Waals surface area (Å²) in [5.74, 6) is -2.44. The number of phenolic OH excluding ortho intramolecular Hbond substituents is 2. The number of fused-ring (bicyclic) bond motifs is 6. The Morgan fingerprint density at radius 2 is 1.47 bits per heavy atom. The Labute approximate surface area is 178 Å². The first kappa shape index (κ1) is 18.6. The zero-order valence-electron chi connectivity index (χ0n) is 14.8. The van der Waals surface area contributed by atoms with Crippen LogP contribution in [0, 0.1) is 0 Å². The van der Waals surface area contributed by atoms with E-state index < -0.39 is 17.5 Å². The largest absolute Gasteiger partial charge is 0.506 e. The van der Waals surface area contributed by atoms with Crippen LogP contribution in [0.1, 0.15) is 37.4 Å². The normalized spacial score (nSPS) is 15.1. The molecule has 2 aliphatic heterocycles. The smallest absolute Gasteiger partial charge is 0.341 e. The van der Waals surface area contributed by atoms with E-state index in [0.29, 0.717) is 0 Å². The van der Waals surface area contributed by atoms with Crippen molar-refractivity contribution in [3.05, 3.63) is 80.3 Å². The molecule has 2 aliphatic rings. The lowest BCUT2D eigenvalue weighted by Gasteiger charge is -2.36. The Morgan fingerprint density at radius 3 is 2.00 bits per heavy atom. The van der Waals surface area contributed by atoms with Crippen LogP contribution < -0.4 is 4.74 Å². The van der Waals surface area contributed by atoms with Crippen LogP contribution in [0.25, 0.3) is 0 Å². The number of esters is 1.